The van der Waals surface area contributed by atoms with Crippen molar-refractivity contribution in [2.45, 2.75) is 45.3 Å². The van der Waals surface area contributed by atoms with Gasteiger partial charge in [0.1, 0.15) is 0 Å². The molecular formula is C13H26N2O3. The Balaban J connectivity index is 2.26. The number of nitrogens with one attached hydrogen (secondary N) is 2. The molecule has 5 heteroatoms. The highest BCUT2D eigenvalue weighted by molar-refractivity contribution is 5.81. The first-order valence-corrected chi connectivity index (χ1v) is 6.74. The molecule has 0 saturated carbocycles. The number of ether oxygens (including phenoxy) is 1. The van der Waals surface area contributed by atoms with E-state index in [0.717, 1.165) is 0 Å². The second-order valence-electron chi connectivity index (χ2n) is 5.58. The van der Waals surface area contributed by atoms with Crippen LogP contribution in [0.25, 0.3) is 0 Å². The van der Waals surface area contributed by atoms with Crippen LogP contribution >= 0.6 is 0 Å². The van der Waals surface area contributed by atoms with E-state index < -0.39 is 5.60 Å². The molecule has 0 spiro atoms. The van der Waals surface area contributed by atoms with Crippen LogP contribution < -0.4 is 10.6 Å². The molecule has 18 heavy (non-hydrogen) atoms. The zero-order valence-corrected chi connectivity index (χ0v) is 11.7. The van der Waals surface area contributed by atoms with Crippen molar-refractivity contribution in [3.05, 3.63) is 0 Å². The Bertz CT molecular complexity index is 263. The molecule has 5 nitrogen and oxygen atoms in total. The minimum Gasteiger partial charge on any atom is -0.388 e. The minimum absolute atomic E-state index is 0.0145. The molecule has 106 valence electrons. The first-order valence-electron chi connectivity index (χ1n) is 6.74. The van der Waals surface area contributed by atoms with Crippen LogP contribution in [0.1, 0.15) is 33.6 Å². The fourth-order valence-corrected chi connectivity index (χ4v) is 1.82. The van der Waals surface area contributed by atoms with Gasteiger partial charge < -0.3 is 20.5 Å². The van der Waals surface area contributed by atoms with Gasteiger partial charge in [0.25, 0.3) is 0 Å². The molecule has 0 bridgehead atoms. The van der Waals surface area contributed by atoms with Gasteiger partial charge in [-0.15, -0.1) is 0 Å². The van der Waals surface area contributed by atoms with Crippen LogP contribution in [0.15, 0.2) is 0 Å². The largest absolute Gasteiger partial charge is 0.388 e. The Hall–Kier alpha value is -0.650. The van der Waals surface area contributed by atoms with E-state index in [4.69, 9.17) is 4.74 Å². The van der Waals surface area contributed by atoms with Crippen LogP contribution in [0.5, 0.6) is 0 Å². The van der Waals surface area contributed by atoms with Gasteiger partial charge in [0.05, 0.1) is 11.6 Å². The summed E-state index contributed by atoms with van der Waals surface area (Å²) < 4.78 is 5.22. The molecule has 1 saturated heterocycles. The lowest BCUT2D eigenvalue weighted by molar-refractivity contribution is -0.123. The first-order chi connectivity index (χ1) is 8.43. The van der Waals surface area contributed by atoms with E-state index >= 15 is 0 Å². The van der Waals surface area contributed by atoms with Gasteiger partial charge in [0, 0.05) is 39.1 Å². The van der Waals surface area contributed by atoms with Crippen molar-refractivity contribution in [3.63, 3.8) is 0 Å². The number of aliphatic hydroxyl groups is 1. The Kier molecular flexibility index (Phi) is 6.05. The molecule has 1 amide bonds. The molecule has 1 fully saturated rings. The van der Waals surface area contributed by atoms with Gasteiger partial charge in [-0.2, -0.15) is 0 Å². The van der Waals surface area contributed by atoms with Gasteiger partial charge in [-0.3, -0.25) is 4.79 Å². The van der Waals surface area contributed by atoms with Gasteiger partial charge in [-0.1, -0.05) is 13.8 Å². The molecule has 3 N–H and O–H groups in total. The minimum atomic E-state index is -0.731. The van der Waals surface area contributed by atoms with Crippen LogP contribution in [0.2, 0.25) is 0 Å². The fraction of sp³-hybridized carbons (Fsp3) is 0.923. The quantitative estimate of drug-likeness (QED) is 0.640. The predicted octanol–water partition coefficient (Wildman–Crippen LogP) is 0.278. The van der Waals surface area contributed by atoms with Gasteiger partial charge in [0.2, 0.25) is 5.91 Å². The van der Waals surface area contributed by atoms with Gasteiger partial charge >= 0.3 is 0 Å². The van der Waals surface area contributed by atoms with Crippen molar-refractivity contribution in [2.24, 2.45) is 5.92 Å². The molecule has 1 rings (SSSR count). The third-order valence-corrected chi connectivity index (χ3v) is 3.24. The highest BCUT2D eigenvalue weighted by Gasteiger charge is 2.30. The topological polar surface area (TPSA) is 70.6 Å². The zero-order valence-electron chi connectivity index (χ0n) is 11.7. The number of rotatable bonds is 6. The summed E-state index contributed by atoms with van der Waals surface area (Å²) >= 11 is 0. The van der Waals surface area contributed by atoms with E-state index in [1.165, 1.54) is 0 Å². The summed E-state index contributed by atoms with van der Waals surface area (Å²) in [6.07, 6.45) is 1.25. The van der Waals surface area contributed by atoms with E-state index in [2.05, 4.69) is 24.5 Å². The molecular weight excluding hydrogens is 232 g/mol. The van der Waals surface area contributed by atoms with Gasteiger partial charge in [-0.25, -0.2) is 0 Å². The van der Waals surface area contributed by atoms with Crippen molar-refractivity contribution in [1.82, 2.24) is 10.6 Å². The second kappa shape index (κ2) is 7.07. The molecule has 0 aromatic heterocycles. The standard InChI is InChI=1S/C13H26N2O3/c1-10(2)8-14-12(16)11(3)15-9-13(17)4-6-18-7-5-13/h10-11,15,17H,4-9H2,1-3H3,(H,14,16). The molecule has 0 aliphatic carbocycles. The SMILES string of the molecule is CC(C)CNC(=O)C(C)NCC1(O)CCOCC1. The van der Waals surface area contributed by atoms with Crippen molar-refractivity contribution in [1.29, 1.82) is 0 Å². The van der Waals surface area contributed by atoms with Crippen LogP contribution in [0.3, 0.4) is 0 Å². The Morgan fingerprint density at radius 3 is 2.50 bits per heavy atom. The maximum atomic E-state index is 11.7. The molecule has 1 heterocycles. The maximum absolute atomic E-state index is 11.7. The highest BCUT2D eigenvalue weighted by Crippen LogP contribution is 2.19. The lowest BCUT2D eigenvalue weighted by Gasteiger charge is -2.33. The average Bonchev–Trinajstić information content (AvgIpc) is 2.34. The number of carbonyl (C=O) groups excluding carboxylic acids is 1. The van der Waals surface area contributed by atoms with Crippen LogP contribution in [0, 0.1) is 5.92 Å². The summed E-state index contributed by atoms with van der Waals surface area (Å²) in [5, 5.41) is 16.2. The maximum Gasteiger partial charge on any atom is 0.236 e. The number of carbonyl (C=O) groups is 1. The highest BCUT2D eigenvalue weighted by atomic mass is 16.5. The van der Waals surface area contributed by atoms with Crippen molar-refractivity contribution in [3.8, 4) is 0 Å². The molecule has 0 radical (unpaired) electrons. The van der Waals surface area contributed by atoms with E-state index in [0.29, 0.717) is 45.1 Å². The molecule has 1 atom stereocenters. The van der Waals surface area contributed by atoms with E-state index in [9.17, 15) is 9.90 Å². The normalized spacial score (nSPS) is 20.7. The lowest BCUT2D eigenvalue weighted by atomic mass is 9.94. The molecule has 1 aliphatic heterocycles. The average molecular weight is 258 g/mol. The lowest BCUT2D eigenvalue weighted by Crippen LogP contribution is -2.51. The smallest absolute Gasteiger partial charge is 0.236 e. The third-order valence-electron chi connectivity index (χ3n) is 3.24. The first kappa shape index (κ1) is 15.4. The summed E-state index contributed by atoms with van der Waals surface area (Å²) in [7, 11) is 0. The molecule has 1 unspecified atom stereocenters. The zero-order chi connectivity index (χ0) is 13.6. The van der Waals surface area contributed by atoms with Crippen LogP contribution in [0.4, 0.5) is 0 Å². The molecule has 0 aromatic carbocycles. The number of amides is 1. The third kappa shape index (κ3) is 5.33. The fourth-order valence-electron chi connectivity index (χ4n) is 1.82. The van der Waals surface area contributed by atoms with Gasteiger partial charge in [-0.05, 0) is 12.8 Å². The predicted molar refractivity (Wildman–Crippen MR) is 70.3 cm³/mol. The molecule has 0 aromatic rings. The molecule has 1 aliphatic rings. The van der Waals surface area contributed by atoms with Crippen molar-refractivity contribution >= 4 is 5.91 Å². The summed E-state index contributed by atoms with van der Waals surface area (Å²) in [5.41, 5.74) is -0.731. The monoisotopic (exact) mass is 258 g/mol. The van der Waals surface area contributed by atoms with Crippen molar-refractivity contribution < 1.29 is 14.6 Å². The summed E-state index contributed by atoms with van der Waals surface area (Å²) in [5.74, 6) is 0.431. The summed E-state index contributed by atoms with van der Waals surface area (Å²) in [6, 6.07) is -0.282. The van der Waals surface area contributed by atoms with E-state index in [1.54, 1.807) is 0 Å². The van der Waals surface area contributed by atoms with Crippen molar-refractivity contribution in [2.75, 3.05) is 26.3 Å². The van der Waals surface area contributed by atoms with Gasteiger partial charge in [0.15, 0.2) is 0 Å². The number of hydrogen-bond donors (Lipinski definition) is 3. The van der Waals surface area contributed by atoms with E-state index in [-0.39, 0.29) is 11.9 Å². The number of hydrogen-bond acceptors (Lipinski definition) is 4. The van der Waals surface area contributed by atoms with Crippen LogP contribution in [-0.2, 0) is 9.53 Å². The second-order valence-corrected chi connectivity index (χ2v) is 5.58. The summed E-state index contributed by atoms with van der Waals surface area (Å²) in [6.45, 7) is 8.23. The Morgan fingerprint density at radius 2 is 1.94 bits per heavy atom. The van der Waals surface area contributed by atoms with Crippen LogP contribution in [-0.4, -0.2) is 49.0 Å². The van der Waals surface area contributed by atoms with E-state index in [1.807, 2.05) is 6.92 Å². The summed E-state index contributed by atoms with van der Waals surface area (Å²) in [4.78, 5) is 11.7. The Morgan fingerprint density at radius 1 is 1.33 bits per heavy atom. The Labute approximate surface area is 109 Å².